The van der Waals surface area contributed by atoms with Crippen molar-refractivity contribution in [3.05, 3.63) is 41.0 Å². The van der Waals surface area contributed by atoms with Crippen molar-refractivity contribution >= 4 is 21.7 Å². The van der Waals surface area contributed by atoms with Gasteiger partial charge in [-0.3, -0.25) is 0 Å². The molecule has 3 aliphatic rings. The third-order valence-electron chi connectivity index (χ3n) is 5.50. The van der Waals surface area contributed by atoms with Gasteiger partial charge in [0.05, 0.1) is 18.3 Å². The van der Waals surface area contributed by atoms with Crippen molar-refractivity contribution in [1.82, 2.24) is 8.61 Å². The van der Waals surface area contributed by atoms with Crippen LogP contribution in [0.2, 0.25) is 0 Å². The number of aliphatic hydroxyl groups excluding tert-OH is 1. The van der Waals surface area contributed by atoms with Crippen LogP contribution in [0.5, 0.6) is 0 Å². The normalized spacial score (nSPS) is 28.6. The van der Waals surface area contributed by atoms with Crippen LogP contribution in [-0.4, -0.2) is 53.5 Å². The summed E-state index contributed by atoms with van der Waals surface area (Å²) in [6.45, 7) is 1.63. The van der Waals surface area contributed by atoms with E-state index in [0.717, 1.165) is 25.3 Å². The molecule has 0 amide bonds. The first-order valence-corrected chi connectivity index (χ1v) is 10.2. The lowest BCUT2D eigenvalue weighted by Crippen LogP contribution is -2.38. The van der Waals surface area contributed by atoms with Crippen LogP contribution in [-0.2, 0) is 16.8 Å². The highest BCUT2D eigenvalue weighted by Crippen LogP contribution is 2.50. The van der Waals surface area contributed by atoms with Crippen molar-refractivity contribution in [1.29, 1.82) is 0 Å². The maximum atomic E-state index is 13.3. The quantitative estimate of drug-likeness (QED) is 0.846. The molecule has 27 heavy (non-hydrogen) atoms. The minimum Gasteiger partial charge on any atom is -0.392 e. The number of fused-ring (bicyclic) bond motifs is 1. The number of hydrogen-bond donors (Lipinski definition) is 1. The Morgan fingerprint density at radius 3 is 2.70 bits per heavy atom. The van der Waals surface area contributed by atoms with Crippen LogP contribution >= 0.6 is 0 Å². The predicted octanol–water partition coefficient (Wildman–Crippen LogP) is 2.15. The smallest absolute Gasteiger partial charge is 0.305 e. The summed E-state index contributed by atoms with van der Waals surface area (Å²) in [6, 6.07) is 4.98. The fourth-order valence-electron chi connectivity index (χ4n) is 3.66. The lowest BCUT2D eigenvalue weighted by atomic mass is 9.99. The van der Waals surface area contributed by atoms with Crippen molar-refractivity contribution in [3.8, 4) is 0 Å². The average Bonchev–Trinajstić information content (AvgIpc) is 3.19. The number of halogens is 2. The van der Waals surface area contributed by atoms with Gasteiger partial charge in [-0.25, -0.2) is 18.1 Å². The molecule has 1 saturated carbocycles. The summed E-state index contributed by atoms with van der Waals surface area (Å²) in [5.41, 5.74) is 3.16. The van der Waals surface area contributed by atoms with Crippen LogP contribution in [0.1, 0.15) is 29.5 Å². The molecule has 1 aromatic rings. The molecule has 0 bridgehead atoms. The van der Waals surface area contributed by atoms with Crippen LogP contribution < -0.4 is 0 Å². The second-order valence-corrected chi connectivity index (χ2v) is 9.24. The van der Waals surface area contributed by atoms with E-state index in [9.17, 15) is 22.3 Å². The standard InChI is InChI=1S/C18H21F2N3O3S/c1-11-3-4-12(10-24)7-14(11)15-5-6-16-17(21-15)22(2)27(25,26)23(16)9-13-8-18(13,19)20/h3-5,7,13,16,24H,6,8-10H2,1-2H3. The van der Waals surface area contributed by atoms with Gasteiger partial charge in [0.25, 0.3) is 5.92 Å². The molecule has 2 atom stereocenters. The Hall–Kier alpha value is -1.84. The summed E-state index contributed by atoms with van der Waals surface area (Å²) >= 11 is 0. The number of alkyl halides is 2. The minimum absolute atomic E-state index is 0.0998. The van der Waals surface area contributed by atoms with E-state index in [1.807, 2.05) is 31.2 Å². The first-order valence-electron chi connectivity index (χ1n) is 8.78. The molecule has 1 N–H and O–H groups in total. The van der Waals surface area contributed by atoms with E-state index in [-0.39, 0.29) is 19.6 Å². The van der Waals surface area contributed by atoms with E-state index in [4.69, 9.17) is 0 Å². The highest BCUT2D eigenvalue weighted by Gasteiger charge is 2.60. The Morgan fingerprint density at radius 2 is 2.07 bits per heavy atom. The second kappa shape index (κ2) is 6.08. The summed E-state index contributed by atoms with van der Waals surface area (Å²) in [5.74, 6) is -3.34. The maximum Gasteiger partial charge on any atom is 0.305 e. The molecule has 9 heteroatoms. The molecule has 0 radical (unpaired) electrons. The maximum absolute atomic E-state index is 13.3. The average molecular weight is 397 g/mol. The summed E-state index contributed by atoms with van der Waals surface area (Å²) in [5, 5.41) is 9.37. The van der Waals surface area contributed by atoms with Gasteiger partial charge in [0, 0.05) is 31.5 Å². The SMILES string of the molecule is Cc1ccc(CO)cc1C1=CCC2C(=N1)N(C)S(=O)(=O)N2CC1CC1(F)F. The van der Waals surface area contributed by atoms with Crippen molar-refractivity contribution in [3.63, 3.8) is 0 Å². The van der Waals surface area contributed by atoms with E-state index in [1.165, 1.54) is 7.05 Å². The Kier molecular flexibility index (Phi) is 4.17. The Labute approximate surface area is 157 Å². The number of aliphatic imine (C=N–C) groups is 1. The molecule has 2 heterocycles. The van der Waals surface area contributed by atoms with E-state index in [1.54, 1.807) is 0 Å². The van der Waals surface area contributed by atoms with Gasteiger partial charge >= 0.3 is 10.2 Å². The predicted molar refractivity (Wildman–Crippen MR) is 97.4 cm³/mol. The van der Waals surface area contributed by atoms with Gasteiger partial charge in [-0.15, -0.1) is 0 Å². The molecule has 6 nitrogen and oxygen atoms in total. The van der Waals surface area contributed by atoms with E-state index < -0.39 is 28.1 Å². The fourth-order valence-corrected chi connectivity index (χ4v) is 5.24. The number of likely N-dealkylation sites (N-methyl/N-ethyl adjacent to an activating group) is 1. The molecule has 4 rings (SSSR count). The zero-order chi connectivity index (χ0) is 19.6. The molecule has 146 valence electrons. The van der Waals surface area contributed by atoms with Gasteiger partial charge in [-0.1, -0.05) is 18.2 Å². The number of aryl methyl sites for hydroxylation is 1. The van der Waals surface area contributed by atoms with Crippen molar-refractivity contribution in [2.45, 2.75) is 38.3 Å². The third-order valence-corrected chi connectivity index (χ3v) is 7.37. The summed E-state index contributed by atoms with van der Waals surface area (Å²) in [6.07, 6.45) is 1.94. The van der Waals surface area contributed by atoms with Crippen molar-refractivity contribution in [2.24, 2.45) is 10.9 Å². The van der Waals surface area contributed by atoms with Crippen molar-refractivity contribution < 1.29 is 22.3 Å². The molecule has 0 aromatic heterocycles. The zero-order valence-corrected chi connectivity index (χ0v) is 15.9. The van der Waals surface area contributed by atoms with E-state index in [0.29, 0.717) is 18.0 Å². The Balaban J connectivity index is 1.67. The molecule has 0 spiro atoms. The fraction of sp³-hybridized carbons (Fsp3) is 0.500. The molecule has 1 saturated heterocycles. The zero-order valence-electron chi connectivity index (χ0n) is 15.1. The van der Waals surface area contributed by atoms with Crippen LogP contribution in [0.15, 0.2) is 29.3 Å². The molecular weight excluding hydrogens is 376 g/mol. The van der Waals surface area contributed by atoms with Gasteiger partial charge in [-0.2, -0.15) is 12.7 Å². The largest absolute Gasteiger partial charge is 0.392 e. The number of amidine groups is 1. The molecule has 2 unspecified atom stereocenters. The first kappa shape index (κ1) is 18.5. The van der Waals surface area contributed by atoms with Crippen LogP contribution in [0.4, 0.5) is 8.78 Å². The topological polar surface area (TPSA) is 73.2 Å². The van der Waals surface area contributed by atoms with Gasteiger partial charge in [0.1, 0.15) is 5.84 Å². The van der Waals surface area contributed by atoms with Crippen LogP contribution in [0.25, 0.3) is 5.70 Å². The molecule has 2 aliphatic heterocycles. The lowest BCUT2D eigenvalue weighted by molar-refractivity contribution is 0.0937. The van der Waals surface area contributed by atoms with Gasteiger partial charge in [0.15, 0.2) is 0 Å². The lowest BCUT2D eigenvalue weighted by Gasteiger charge is -2.22. The monoisotopic (exact) mass is 397 g/mol. The van der Waals surface area contributed by atoms with Crippen LogP contribution in [0.3, 0.4) is 0 Å². The second-order valence-electron chi connectivity index (χ2n) is 7.33. The number of rotatable bonds is 4. The molecule has 1 aliphatic carbocycles. The van der Waals surface area contributed by atoms with Gasteiger partial charge in [0.2, 0.25) is 0 Å². The highest BCUT2D eigenvalue weighted by atomic mass is 32.2. The summed E-state index contributed by atoms with van der Waals surface area (Å²) < 4.78 is 54.3. The number of nitrogens with zero attached hydrogens (tertiary/aromatic N) is 3. The third kappa shape index (κ3) is 2.97. The summed E-state index contributed by atoms with van der Waals surface area (Å²) in [4.78, 5) is 4.55. The molecule has 2 fully saturated rings. The molecule has 1 aromatic carbocycles. The van der Waals surface area contributed by atoms with E-state index >= 15 is 0 Å². The highest BCUT2D eigenvalue weighted by molar-refractivity contribution is 7.87. The molecular formula is C18H21F2N3O3S. The Bertz CT molecular complexity index is 959. The first-order chi connectivity index (χ1) is 12.6. The minimum atomic E-state index is -3.85. The van der Waals surface area contributed by atoms with Crippen molar-refractivity contribution in [2.75, 3.05) is 13.6 Å². The number of benzene rings is 1. The number of hydrogen-bond acceptors (Lipinski definition) is 4. The van der Waals surface area contributed by atoms with Crippen LogP contribution in [0, 0.1) is 12.8 Å². The van der Waals surface area contributed by atoms with Gasteiger partial charge < -0.3 is 5.11 Å². The summed E-state index contributed by atoms with van der Waals surface area (Å²) in [7, 11) is -2.44. The Morgan fingerprint density at radius 1 is 1.37 bits per heavy atom. The van der Waals surface area contributed by atoms with E-state index in [2.05, 4.69) is 4.99 Å². The van der Waals surface area contributed by atoms with Gasteiger partial charge in [-0.05, 0) is 30.5 Å². The number of aliphatic hydroxyl groups is 1.